The van der Waals surface area contributed by atoms with E-state index in [-0.39, 0.29) is 11.7 Å². The van der Waals surface area contributed by atoms with E-state index in [1.165, 1.54) is 17.9 Å². The monoisotopic (exact) mass is 285 g/mol. The molecule has 2 rings (SSSR count). The van der Waals surface area contributed by atoms with Gasteiger partial charge >= 0.3 is 0 Å². The molecule has 0 unspecified atom stereocenters. The predicted octanol–water partition coefficient (Wildman–Crippen LogP) is 2.00. The van der Waals surface area contributed by atoms with Crippen LogP contribution in [0, 0.1) is 0 Å². The number of hydrogen-bond donors (Lipinski definition) is 0. The maximum absolute atomic E-state index is 11.7. The molecule has 0 N–H and O–H groups in total. The number of carbonyl (C=O) groups is 1. The van der Waals surface area contributed by atoms with Gasteiger partial charge in [-0.15, -0.1) is 0 Å². The summed E-state index contributed by atoms with van der Waals surface area (Å²) in [6.45, 7) is 1.41. The first-order valence-corrected chi connectivity index (χ1v) is 7.45. The Hall–Kier alpha value is -1.33. The molecule has 1 heterocycles. The van der Waals surface area contributed by atoms with Crippen molar-refractivity contribution in [3.8, 4) is 0 Å². The van der Waals surface area contributed by atoms with Crippen molar-refractivity contribution in [2.24, 2.45) is 0 Å². The first-order valence-electron chi connectivity index (χ1n) is 5.35. The SMILES string of the molecule is CC(=O)N(c1ccc(Cl)cc1)[C@@H]1C=CS(=O)(=O)C1. The number of amides is 1. The molecule has 1 aromatic carbocycles. The summed E-state index contributed by atoms with van der Waals surface area (Å²) < 4.78 is 22.8. The molecule has 1 aliphatic rings. The topological polar surface area (TPSA) is 54.5 Å². The largest absolute Gasteiger partial charge is 0.305 e. The molecule has 1 aromatic rings. The Morgan fingerprint density at radius 3 is 2.39 bits per heavy atom. The molecule has 0 saturated carbocycles. The summed E-state index contributed by atoms with van der Waals surface area (Å²) in [5.41, 5.74) is 0.638. The van der Waals surface area contributed by atoms with E-state index in [1.807, 2.05) is 0 Å². The fourth-order valence-corrected chi connectivity index (χ4v) is 3.32. The Morgan fingerprint density at radius 1 is 1.33 bits per heavy atom. The van der Waals surface area contributed by atoms with Gasteiger partial charge in [-0.3, -0.25) is 4.79 Å². The second-order valence-electron chi connectivity index (χ2n) is 4.09. The second-order valence-corrected chi connectivity index (χ2v) is 6.46. The van der Waals surface area contributed by atoms with Crippen LogP contribution >= 0.6 is 11.6 Å². The highest BCUT2D eigenvalue weighted by molar-refractivity contribution is 7.94. The van der Waals surface area contributed by atoms with Crippen molar-refractivity contribution < 1.29 is 13.2 Å². The lowest BCUT2D eigenvalue weighted by Crippen LogP contribution is -2.39. The number of halogens is 1. The van der Waals surface area contributed by atoms with Gasteiger partial charge in [0.2, 0.25) is 5.91 Å². The maximum atomic E-state index is 11.7. The molecule has 1 amide bonds. The van der Waals surface area contributed by atoms with Crippen LogP contribution in [0.5, 0.6) is 0 Å². The molecular formula is C12H12ClNO3S. The van der Waals surface area contributed by atoms with Gasteiger partial charge in [0.05, 0.1) is 11.8 Å². The van der Waals surface area contributed by atoms with Crippen LogP contribution < -0.4 is 4.90 Å². The van der Waals surface area contributed by atoms with Crippen molar-refractivity contribution in [3.63, 3.8) is 0 Å². The number of anilines is 1. The minimum absolute atomic E-state index is 0.0742. The number of hydrogen-bond acceptors (Lipinski definition) is 3. The van der Waals surface area contributed by atoms with Gasteiger partial charge in [0.25, 0.3) is 0 Å². The number of sulfone groups is 1. The lowest BCUT2D eigenvalue weighted by Gasteiger charge is -2.26. The lowest BCUT2D eigenvalue weighted by molar-refractivity contribution is -0.116. The van der Waals surface area contributed by atoms with Gasteiger partial charge < -0.3 is 4.90 Å². The fraction of sp³-hybridized carbons (Fsp3) is 0.250. The summed E-state index contributed by atoms with van der Waals surface area (Å²) in [6, 6.07) is 6.28. The standard InChI is InChI=1S/C12H12ClNO3S/c1-9(15)14(11-4-2-10(13)3-5-11)12-6-7-18(16,17)8-12/h2-7,12H,8H2,1H3/t12-/m1/s1. The molecule has 6 heteroatoms. The number of rotatable bonds is 2. The molecule has 1 aliphatic heterocycles. The molecule has 4 nitrogen and oxygen atoms in total. The Kier molecular flexibility index (Phi) is 3.45. The first kappa shape index (κ1) is 13.1. The van der Waals surface area contributed by atoms with E-state index in [2.05, 4.69) is 0 Å². The van der Waals surface area contributed by atoms with Crippen LogP contribution in [-0.2, 0) is 14.6 Å². The average Bonchev–Trinajstić information content (AvgIpc) is 2.61. The van der Waals surface area contributed by atoms with Crippen molar-refractivity contribution in [3.05, 3.63) is 40.8 Å². The van der Waals surface area contributed by atoms with Crippen molar-refractivity contribution in [1.82, 2.24) is 0 Å². The highest BCUT2D eigenvalue weighted by atomic mass is 35.5. The summed E-state index contributed by atoms with van der Waals surface area (Å²) in [6.07, 6.45) is 1.53. The normalized spacial score (nSPS) is 20.9. The summed E-state index contributed by atoms with van der Waals surface area (Å²) in [5, 5.41) is 1.72. The van der Waals surface area contributed by atoms with E-state index in [0.717, 1.165) is 5.41 Å². The molecule has 0 bridgehead atoms. The summed E-state index contributed by atoms with van der Waals surface area (Å²) in [7, 11) is -3.19. The van der Waals surface area contributed by atoms with Crippen LogP contribution in [0.4, 0.5) is 5.69 Å². The van der Waals surface area contributed by atoms with E-state index in [9.17, 15) is 13.2 Å². The fourth-order valence-electron chi connectivity index (χ4n) is 1.93. The Balaban J connectivity index is 2.33. The second kappa shape index (κ2) is 4.74. The van der Waals surface area contributed by atoms with E-state index < -0.39 is 15.9 Å². The first-order chi connectivity index (χ1) is 8.39. The Bertz CT molecular complexity index is 592. The van der Waals surface area contributed by atoms with Crippen LogP contribution in [0.3, 0.4) is 0 Å². The van der Waals surface area contributed by atoms with Crippen molar-refractivity contribution in [2.75, 3.05) is 10.7 Å². The van der Waals surface area contributed by atoms with Gasteiger partial charge in [-0.2, -0.15) is 0 Å². The molecule has 0 spiro atoms. The van der Waals surface area contributed by atoms with Gasteiger partial charge in [-0.25, -0.2) is 8.42 Å². The lowest BCUT2D eigenvalue weighted by atomic mass is 10.2. The average molecular weight is 286 g/mol. The zero-order chi connectivity index (χ0) is 13.3. The third-order valence-electron chi connectivity index (χ3n) is 2.69. The molecular weight excluding hydrogens is 274 g/mol. The third-order valence-corrected chi connectivity index (χ3v) is 4.32. The predicted molar refractivity (Wildman–Crippen MR) is 71.3 cm³/mol. The molecule has 0 fully saturated rings. The molecule has 0 radical (unpaired) electrons. The van der Waals surface area contributed by atoms with Crippen molar-refractivity contribution >= 4 is 33.0 Å². The van der Waals surface area contributed by atoms with Crippen LogP contribution in [0.1, 0.15) is 6.92 Å². The highest BCUT2D eigenvalue weighted by Gasteiger charge is 2.29. The van der Waals surface area contributed by atoms with Gasteiger partial charge in [0.1, 0.15) is 0 Å². The van der Waals surface area contributed by atoms with Crippen LogP contribution in [-0.4, -0.2) is 26.1 Å². The summed E-state index contributed by atoms with van der Waals surface area (Å²) in [5.74, 6) is -0.279. The molecule has 96 valence electrons. The van der Waals surface area contributed by atoms with E-state index in [4.69, 9.17) is 11.6 Å². The number of nitrogens with zero attached hydrogens (tertiary/aromatic N) is 1. The Morgan fingerprint density at radius 2 is 1.94 bits per heavy atom. The minimum atomic E-state index is -3.19. The zero-order valence-electron chi connectivity index (χ0n) is 9.71. The zero-order valence-corrected chi connectivity index (χ0v) is 11.3. The minimum Gasteiger partial charge on any atom is -0.305 e. The van der Waals surface area contributed by atoms with Crippen molar-refractivity contribution in [2.45, 2.75) is 13.0 Å². The van der Waals surface area contributed by atoms with Gasteiger partial charge in [-0.05, 0) is 30.3 Å². The smallest absolute Gasteiger partial charge is 0.224 e. The molecule has 0 aliphatic carbocycles. The molecule has 18 heavy (non-hydrogen) atoms. The highest BCUT2D eigenvalue weighted by Crippen LogP contribution is 2.24. The quantitative estimate of drug-likeness (QED) is 0.835. The summed E-state index contributed by atoms with van der Waals surface area (Å²) in [4.78, 5) is 13.1. The maximum Gasteiger partial charge on any atom is 0.224 e. The number of benzene rings is 1. The van der Waals surface area contributed by atoms with Gasteiger partial charge in [0.15, 0.2) is 9.84 Å². The van der Waals surface area contributed by atoms with E-state index in [1.54, 1.807) is 24.3 Å². The summed E-state index contributed by atoms with van der Waals surface area (Å²) >= 11 is 5.79. The van der Waals surface area contributed by atoms with Crippen molar-refractivity contribution in [1.29, 1.82) is 0 Å². The molecule has 0 saturated heterocycles. The Labute approximate surface area is 111 Å². The number of carbonyl (C=O) groups excluding carboxylic acids is 1. The third kappa shape index (κ3) is 2.73. The van der Waals surface area contributed by atoms with Crippen LogP contribution in [0.2, 0.25) is 5.02 Å². The van der Waals surface area contributed by atoms with E-state index in [0.29, 0.717) is 10.7 Å². The van der Waals surface area contributed by atoms with Crippen LogP contribution in [0.15, 0.2) is 35.7 Å². The van der Waals surface area contributed by atoms with Gasteiger partial charge in [0, 0.05) is 23.0 Å². The van der Waals surface area contributed by atoms with Gasteiger partial charge in [-0.1, -0.05) is 11.6 Å². The molecule has 1 atom stereocenters. The van der Waals surface area contributed by atoms with Crippen LogP contribution in [0.25, 0.3) is 0 Å². The molecule has 0 aromatic heterocycles. The van der Waals surface area contributed by atoms with E-state index >= 15 is 0 Å².